The number of hydrogen-bond acceptors (Lipinski definition) is 2. The predicted octanol–water partition coefficient (Wildman–Crippen LogP) is 1.34. The van der Waals surface area contributed by atoms with E-state index in [0.717, 1.165) is 12.0 Å². The second-order valence-electron chi connectivity index (χ2n) is 2.54. The van der Waals surface area contributed by atoms with Crippen LogP contribution in [-0.2, 0) is 0 Å². The summed E-state index contributed by atoms with van der Waals surface area (Å²) in [6.07, 6.45) is 2.86. The summed E-state index contributed by atoms with van der Waals surface area (Å²) in [4.78, 5) is 0. The van der Waals surface area contributed by atoms with Crippen LogP contribution in [0, 0.1) is 0 Å². The standard InChI is InChI=1S/C8H11BrO2/c1-2-5-3-4-6(9)8(11)7(5)10/h3-4,7-8,10-11H,2H2,1H3/t7-,8+/m1/s1. The van der Waals surface area contributed by atoms with Crippen molar-refractivity contribution in [3.05, 3.63) is 22.2 Å². The van der Waals surface area contributed by atoms with Crippen molar-refractivity contribution in [3.8, 4) is 0 Å². The van der Waals surface area contributed by atoms with Gasteiger partial charge in [-0.05, 0) is 18.1 Å². The van der Waals surface area contributed by atoms with Gasteiger partial charge in [0.25, 0.3) is 0 Å². The lowest BCUT2D eigenvalue weighted by atomic mass is 9.97. The van der Waals surface area contributed by atoms with Crippen molar-refractivity contribution in [2.75, 3.05) is 0 Å². The SMILES string of the molecule is CCC1=CC=C(Br)[C@H](O)[C@@H]1O. The van der Waals surface area contributed by atoms with Gasteiger partial charge in [0.1, 0.15) is 12.2 Å². The van der Waals surface area contributed by atoms with E-state index in [4.69, 9.17) is 0 Å². The summed E-state index contributed by atoms with van der Waals surface area (Å²) in [5, 5.41) is 18.8. The molecule has 0 saturated heterocycles. The molecule has 1 aliphatic carbocycles. The largest absolute Gasteiger partial charge is 0.386 e. The van der Waals surface area contributed by atoms with E-state index < -0.39 is 12.2 Å². The normalized spacial score (nSPS) is 31.3. The molecule has 0 bridgehead atoms. The van der Waals surface area contributed by atoms with Gasteiger partial charge in [0, 0.05) is 4.48 Å². The molecule has 0 aliphatic heterocycles. The Balaban J connectivity index is 2.84. The van der Waals surface area contributed by atoms with E-state index in [2.05, 4.69) is 15.9 Å². The molecule has 1 rings (SSSR count). The topological polar surface area (TPSA) is 40.5 Å². The first-order valence-electron chi connectivity index (χ1n) is 3.59. The second-order valence-corrected chi connectivity index (χ2v) is 3.45. The van der Waals surface area contributed by atoms with Gasteiger partial charge >= 0.3 is 0 Å². The van der Waals surface area contributed by atoms with Crippen LogP contribution in [0.5, 0.6) is 0 Å². The molecule has 0 heterocycles. The number of halogens is 1. The molecule has 0 fully saturated rings. The van der Waals surface area contributed by atoms with E-state index in [1.54, 1.807) is 6.08 Å². The highest BCUT2D eigenvalue weighted by molar-refractivity contribution is 9.11. The van der Waals surface area contributed by atoms with Gasteiger partial charge in [0.05, 0.1) is 0 Å². The second kappa shape index (κ2) is 3.52. The molecule has 0 aromatic carbocycles. The van der Waals surface area contributed by atoms with Crippen molar-refractivity contribution in [2.24, 2.45) is 0 Å². The number of aliphatic hydroxyl groups excluding tert-OH is 2. The molecule has 11 heavy (non-hydrogen) atoms. The fourth-order valence-corrected chi connectivity index (χ4v) is 1.45. The maximum atomic E-state index is 9.42. The molecule has 2 N–H and O–H groups in total. The van der Waals surface area contributed by atoms with Gasteiger partial charge in [-0.3, -0.25) is 0 Å². The minimum absolute atomic E-state index is 0.641. The Morgan fingerprint density at radius 3 is 2.55 bits per heavy atom. The van der Waals surface area contributed by atoms with Gasteiger partial charge in [0.2, 0.25) is 0 Å². The lowest BCUT2D eigenvalue weighted by molar-refractivity contribution is 0.0678. The van der Waals surface area contributed by atoms with Gasteiger partial charge in [-0.15, -0.1) is 0 Å². The third-order valence-electron chi connectivity index (χ3n) is 1.83. The van der Waals surface area contributed by atoms with E-state index in [-0.39, 0.29) is 0 Å². The summed E-state index contributed by atoms with van der Waals surface area (Å²) < 4.78 is 0.641. The van der Waals surface area contributed by atoms with Gasteiger partial charge in [-0.25, -0.2) is 0 Å². The van der Waals surface area contributed by atoms with E-state index in [1.807, 2.05) is 13.0 Å². The average Bonchev–Trinajstić information content (AvgIpc) is 2.01. The molecule has 0 saturated carbocycles. The molecule has 2 nitrogen and oxygen atoms in total. The molecule has 3 heteroatoms. The van der Waals surface area contributed by atoms with Crippen LogP contribution in [0.4, 0.5) is 0 Å². The average molecular weight is 219 g/mol. The third kappa shape index (κ3) is 1.72. The maximum absolute atomic E-state index is 9.42. The summed E-state index contributed by atoms with van der Waals surface area (Å²) in [5.41, 5.74) is 0.876. The fraction of sp³-hybridized carbons (Fsp3) is 0.500. The van der Waals surface area contributed by atoms with Crippen molar-refractivity contribution in [2.45, 2.75) is 25.6 Å². The Kier molecular flexibility index (Phi) is 2.87. The van der Waals surface area contributed by atoms with E-state index >= 15 is 0 Å². The highest BCUT2D eigenvalue weighted by Gasteiger charge is 2.24. The summed E-state index contributed by atoms with van der Waals surface area (Å²) in [6, 6.07) is 0. The zero-order valence-corrected chi connectivity index (χ0v) is 7.87. The number of hydrogen-bond donors (Lipinski definition) is 2. The summed E-state index contributed by atoms with van der Waals surface area (Å²) >= 11 is 3.16. The van der Waals surface area contributed by atoms with E-state index in [0.29, 0.717) is 4.48 Å². The number of allylic oxidation sites excluding steroid dienone is 2. The molecule has 0 aromatic heterocycles. The van der Waals surface area contributed by atoms with Crippen LogP contribution in [0.3, 0.4) is 0 Å². The minimum Gasteiger partial charge on any atom is -0.386 e. The molecule has 0 radical (unpaired) electrons. The minimum atomic E-state index is -0.782. The van der Waals surface area contributed by atoms with Crippen LogP contribution in [0.15, 0.2) is 22.2 Å². The van der Waals surface area contributed by atoms with Crippen LogP contribution in [-0.4, -0.2) is 22.4 Å². The zero-order valence-electron chi connectivity index (χ0n) is 6.29. The maximum Gasteiger partial charge on any atom is 0.115 e. The van der Waals surface area contributed by atoms with Crippen LogP contribution in [0.2, 0.25) is 0 Å². The molecule has 0 amide bonds. The molecule has 2 atom stereocenters. The van der Waals surface area contributed by atoms with Crippen molar-refractivity contribution >= 4 is 15.9 Å². The molecule has 62 valence electrons. The quantitative estimate of drug-likeness (QED) is 0.698. The lowest BCUT2D eigenvalue weighted by Crippen LogP contribution is -2.29. The first-order chi connectivity index (χ1) is 5.16. The Bertz CT molecular complexity index is 208. The van der Waals surface area contributed by atoms with Crippen LogP contribution in [0.25, 0.3) is 0 Å². The molecule has 0 aromatic rings. The van der Waals surface area contributed by atoms with Gasteiger partial charge in [0.15, 0.2) is 0 Å². The summed E-state index contributed by atoms with van der Waals surface area (Å²) in [7, 11) is 0. The first-order valence-corrected chi connectivity index (χ1v) is 4.38. The van der Waals surface area contributed by atoms with Crippen LogP contribution in [0.1, 0.15) is 13.3 Å². The summed E-state index contributed by atoms with van der Waals surface area (Å²) in [5.74, 6) is 0. The molecular weight excluding hydrogens is 208 g/mol. The lowest BCUT2D eigenvalue weighted by Gasteiger charge is -2.22. The number of aliphatic hydroxyl groups is 2. The van der Waals surface area contributed by atoms with Crippen molar-refractivity contribution in [1.82, 2.24) is 0 Å². The smallest absolute Gasteiger partial charge is 0.115 e. The zero-order chi connectivity index (χ0) is 8.43. The van der Waals surface area contributed by atoms with Gasteiger partial charge in [-0.1, -0.05) is 28.9 Å². The Morgan fingerprint density at radius 1 is 1.36 bits per heavy atom. The third-order valence-corrected chi connectivity index (χ3v) is 2.56. The van der Waals surface area contributed by atoms with Crippen molar-refractivity contribution in [3.63, 3.8) is 0 Å². The Hall–Kier alpha value is -0.120. The predicted molar refractivity (Wildman–Crippen MR) is 47.4 cm³/mol. The highest BCUT2D eigenvalue weighted by atomic mass is 79.9. The van der Waals surface area contributed by atoms with Crippen LogP contribution >= 0.6 is 15.9 Å². The highest BCUT2D eigenvalue weighted by Crippen LogP contribution is 2.25. The van der Waals surface area contributed by atoms with Crippen molar-refractivity contribution in [1.29, 1.82) is 0 Å². The van der Waals surface area contributed by atoms with Gasteiger partial charge in [-0.2, -0.15) is 0 Å². The summed E-state index contributed by atoms with van der Waals surface area (Å²) in [6.45, 7) is 1.95. The van der Waals surface area contributed by atoms with E-state index in [1.165, 1.54) is 0 Å². The van der Waals surface area contributed by atoms with Crippen molar-refractivity contribution < 1.29 is 10.2 Å². The molecule has 1 aliphatic rings. The van der Waals surface area contributed by atoms with E-state index in [9.17, 15) is 10.2 Å². The Morgan fingerprint density at radius 2 is 2.00 bits per heavy atom. The fourth-order valence-electron chi connectivity index (χ4n) is 1.06. The Labute approximate surface area is 74.4 Å². The molecule has 0 unspecified atom stereocenters. The van der Waals surface area contributed by atoms with Crippen LogP contribution < -0.4 is 0 Å². The van der Waals surface area contributed by atoms with Gasteiger partial charge < -0.3 is 10.2 Å². The molecule has 0 spiro atoms. The number of rotatable bonds is 1. The molecular formula is C8H11BrO2. The first kappa shape index (κ1) is 8.97. The monoisotopic (exact) mass is 218 g/mol.